The summed E-state index contributed by atoms with van der Waals surface area (Å²) in [6, 6.07) is 7.70. The number of rotatable bonds is 5. The van der Waals surface area contributed by atoms with E-state index in [0.717, 1.165) is 20.9 Å². The number of hydrogen-bond donors (Lipinski definition) is 1. The highest BCUT2D eigenvalue weighted by molar-refractivity contribution is 9.10. The van der Waals surface area contributed by atoms with Gasteiger partial charge in [-0.1, -0.05) is 15.9 Å². The van der Waals surface area contributed by atoms with Crippen molar-refractivity contribution in [1.29, 1.82) is 0 Å². The number of aliphatic hydroxyl groups is 1. The summed E-state index contributed by atoms with van der Waals surface area (Å²) in [5.41, 5.74) is 0.923. The Balaban J connectivity index is 1.90. The van der Waals surface area contributed by atoms with Gasteiger partial charge in [0.25, 0.3) is 0 Å². The van der Waals surface area contributed by atoms with Crippen molar-refractivity contribution < 1.29 is 9.84 Å². The number of nitrogens with zero attached hydrogens (tertiary/aromatic N) is 1. The molecule has 0 radical (unpaired) electrons. The molecule has 0 saturated carbocycles. The quantitative estimate of drug-likeness (QED) is 0.922. The molecule has 1 aromatic carbocycles. The summed E-state index contributed by atoms with van der Waals surface area (Å²) in [6.45, 7) is 0.606. The van der Waals surface area contributed by atoms with Gasteiger partial charge in [0.05, 0.1) is 5.69 Å². The average molecular weight is 314 g/mol. The molecular formula is C12H12BrNO2S. The van der Waals surface area contributed by atoms with E-state index in [1.165, 1.54) is 0 Å². The van der Waals surface area contributed by atoms with Gasteiger partial charge in [0.1, 0.15) is 17.4 Å². The van der Waals surface area contributed by atoms with E-state index < -0.39 is 0 Å². The fourth-order valence-electron chi connectivity index (χ4n) is 1.32. The van der Waals surface area contributed by atoms with E-state index in [1.807, 2.05) is 29.6 Å². The van der Waals surface area contributed by atoms with Gasteiger partial charge in [0.15, 0.2) is 0 Å². The van der Waals surface area contributed by atoms with Crippen LogP contribution in [0.1, 0.15) is 10.7 Å². The predicted octanol–water partition coefficient (Wildman–Crippen LogP) is 3.02. The Morgan fingerprint density at radius 1 is 1.29 bits per heavy atom. The number of aliphatic hydroxyl groups excluding tert-OH is 1. The molecule has 0 aliphatic rings. The van der Waals surface area contributed by atoms with Crippen molar-refractivity contribution in [2.75, 3.05) is 6.61 Å². The van der Waals surface area contributed by atoms with E-state index in [4.69, 9.17) is 9.84 Å². The molecule has 0 spiro atoms. The highest BCUT2D eigenvalue weighted by atomic mass is 79.9. The molecule has 2 aromatic rings. The van der Waals surface area contributed by atoms with Crippen molar-refractivity contribution in [1.82, 2.24) is 4.98 Å². The second kappa shape index (κ2) is 6.14. The molecule has 0 amide bonds. The molecule has 3 nitrogen and oxygen atoms in total. The monoisotopic (exact) mass is 313 g/mol. The largest absolute Gasteiger partial charge is 0.486 e. The number of thiazole rings is 1. The Morgan fingerprint density at radius 3 is 2.76 bits per heavy atom. The topological polar surface area (TPSA) is 42.4 Å². The smallest absolute Gasteiger partial charge is 0.140 e. The lowest BCUT2D eigenvalue weighted by Gasteiger charge is -2.03. The molecule has 0 fully saturated rings. The van der Waals surface area contributed by atoms with Crippen LogP contribution in [0.2, 0.25) is 0 Å². The summed E-state index contributed by atoms with van der Waals surface area (Å²) in [5, 5.41) is 11.7. The highest BCUT2D eigenvalue weighted by Gasteiger charge is 2.02. The summed E-state index contributed by atoms with van der Waals surface area (Å²) >= 11 is 4.93. The van der Waals surface area contributed by atoms with Crippen LogP contribution in [0.3, 0.4) is 0 Å². The van der Waals surface area contributed by atoms with E-state index in [2.05, 4.69) is 20.9 Å². The minimum atomic E-state index is 0.136. The van der Waals surface area contributed by atoms with Crippen molar-refractivity contribution in [3.63, 3.8) is 0 Å². The zero-order valence-electron chi connectivity index (χ0n) is 9.10. The normalized spacial score (nSPS) is 10.5. The minimum absolute atomic E-state index is 0.136. The lowest BCUT2D eigenvalue weighted by Crippen LogP contribution is -1.96. The number of ether oxygens (including phenoxy) is 1. The van der Waals surface area contributed by atoms with E-state index in [-0.39, 0.29) is 6.61 Å². The summed E-state index contributed by atoms with van der Waals surface area (Å²) in [5.74, 6) is 0.826. The Bertz CT molecular complexity index is 470. The first-order valence-electron chi connectivity index (χ1n) is 5.20. The molecule has 0 atom stereocenters. The van der Waals surface area contributed by atoms with Gasteiger partial charge >= 0.3 is 0 Å². The zero-order chi connectivity index (χ0) is 12.1. The van der Waals surface area contributed by atoms with Gasteiger partial charge < -0.3 is 9.84 Å². The maximum atomic E-state index is 8.79. The first-order valence-corrected chi connectivity index (χ1v) is 6.87. The van der Waals surface area contributed by atoms with Crippen LogP contribution in [0.4, 0.5) is 0 Å². The molecule has 5 heteroatoms. The summed E-state index contributed by atoms with van der Waals surface area (Å²) in [7, 11) is 0. The first kappa shape index (κ1) is 12.5. The van der Waals surface area contributed by atoms with E-state index in [9.17, 15) is 0 Å². The second-order valence-corrected chi connectivity index (χ2v) is 5.31. The van der Waals surface area contributed by atoms with Crippen LogP contribution in [0.5, 0.6) is 5.75 Å². The molecule has 1 heterocycles. The van der Waals surface area contributed by atoms with Crippen molar-refractivity contribution >= 4 is 27.3 Å². The second-order valence-electron chi connectivity index (χ2n) is 3.45. The Kier molecular flexibility index (Phi) is 4.53. The number of hydrogen-bond acceptors (Lipinski definition) is 4. The van der Waals surface area contributed by atoms with Crippen molar-refractivity contribution in [2.45, 2.75) is 13.0 Å². The average Bonchev–Trinajstić information content (AvgIpc) is 2.77. The van der Waals surface area contributed by atoms with Gasteiger partial charge in [-0.05, 0) is 24.3 Å². The predicted molar refractivity (Wildman–Crippen MR) is 71.4 cm³/mol. The lowest BCUT2D eigenvalue weighted by atomic mass is 10.3. The highest BCUT2D eigenvalue weighted by Crippen LogP contribution is 2.18. The maximum Gasteiger partial charge on any atom is 0.140 e. The lowest BCUT2D eigenvalue weighted by molar-refractivity contribution is 0.295. The maximum absolute atomic E-state index is 8.79. The minimum Gasteiger partial charge on any atom is -0.486 e. The third-order valence-corrected chi connectivity index (χ3v) is 3.54. The van der Waals surface area contributed by atoms with Crippen LogP contribution in [0.15, 0.2) is 34.1 Å². The SMILES string of the molecule is OCCc1csc(COc2ccc(Br)cc2)n1. The molecule has 2 rings (SSSR count). The molecule has 0 aliphatic heterocycles. The molecule has 0 unspecified atom stereocenters. The number of halogens is 1. The Labute approximate surface area is 112 Å². The zero-order valence-corrected chi connectivity index (χ0v) is 11.5. The van der Waals surface area contributed by atoms with Crippen molar-refractivity contribution in [3.8, 4) is 5.75 Å². The van der Waals surface area contributed by atoms with Gasteiger partial charge in [-0.15, -0.1) is 11.3 Å². The van der Waals surface area contributed by atoms with Gasteiger partial charge in [-0.25, -0.2) is 4.98 Å². The summed E-state index contributed by atoms with van der Waals surface area (Å²) in [6.07, 6.45) is 0.606. The van der Waals surface area contributed by atoms with Gasteiger partial charge in [-0.3, -0.25) is 0 Å². The first-order chi connectivity index (χ1) is 8.28. The molecule has 1 N–H and O–H groups in total. The van der Waals surface area contributed by atoms with Gasteiger partial charge in [-0.2, -0.15) is 0 Å². The van der Waals surface area contributed by atoms with E-state index in [0.29, 0.717) is 13.0 Å². The molecule has 17 heavy (non-hydrogen) atoms. The van der Waals surface area contributed by atoms with Gasteiger partial charge in [0, 0.05) is 22.9 Å². The number of aromatic nitrogens is 1. The van der Waals surface area contributed by atoms with Crippen LogP contribution in [-0.4, -0.2) is 16.7 Å². The third-order valence-electron chi connectivity index (χ3n) is 2.14. The van der Waals surface area contributed by atoms with E-state index >= 15 is 0 Å². The van der Waals surface area contributed by atoms with Crippen LogP contribution in [-0.2, 0) is 13.0 Å². The van der Waals surface area contributed by atoms with Crippen LogP contribution in [0, 0.1) is 0 Å². The molecule has 0 bridgehead atoms. The molecule has 1 aromatic heterocycles. The molecule has 0 saturated heterocycles. The van der Waals surface area contributed by atoms with Crippen molar-refractivity contribution in [3.05, 3.63) is 44.8 Å². The summed E-state index contributed by atoms with van der Waals surface area (Å²) < 4.78 is 6.63. The third kappa shape index (κ3) is 3.80. The standard InChI is InChI=1S/C12H12BrNO2S/c13-9-1-3-11(4-2-9)16-7-12-14-10(5-6-15)8-17-12/h1-4,8,15H,5-7H2. The van der Waals surface area contributed by atoms with Gasteiger partial charge in [0.2, 0.25) is 0 Å². The molecular weight excluding hydrogens is 302 g/mol. The Hall–Kier alpha value is -0.910. The molecule has 90 valence electrons. The Morgan fingerprint density at radius 2 is 2.06 bits per heavy atom. The van der Waals surface area contributed by atoms with Crippen LogP contribution < -0.4 is 4.74 Å². The fourth-order valence-corrected chi connectivity index (χ4v) is 2.32. The van der Waals surface area contributed by atoms with Crippen LogP contribution >= 0.6 is 27.3 Å². The summed E-state index contributed by atoms with van der Waals surface area (Å²) in [4.78, 5) is 4.36. The van der Waals surface area contributed by atoms with E-state index in [1.54, 1.807) is 11.3 Å². The fraction of sp³-hybridized carbons (Fsp3) is 0.250. The van der Waals surface area contributed by atoms with Crippen LogP contribution in [0.25, 0.3) is 0 Å². The number of benzene rings is 1. The van der Waals surface area contributed by atoms with Crippen molar-refractivity contribution in [2.24, 2.45) is 0 Å². The molecule has 0 aliphatic carbocycles.